The van der Waals surface area contributed by atoms with Crippen molar-refractivity contribution in [2.24, 2.45) is 0 Å². The fourth-order valence-corrected chi connectivity index (χ4v) is 3.62. The molecule has 0 radical (unpaired) electrons. The van der Waals surface area contributed by atoms with E-state index in [1.807, 2.05) is 18.2 Å². The standard InChI is InChI=1S/C18H21NSi/c1-19(2)17-11-8-12-18(15-17)20(3,4)14-13-16-9-6-5-7-10-16/h5-12,15H,1-4H3. The van der Waals surface area contributed by atoms with Gasteiger partial charge in [-0.3, -0.25) is 0 Å². The van der Waals surface area contributed by atoms with Crippen LogP contribution in [0.15, 0.2) is 54.6 Å². The first kappa shape index (κ1) is 14.4. The van der Waals surface area contributed by atoms with Gasteiger partial charge in [0.1, 0.15) is 0 Å². The van der Waals surface area contributed by atoms with Crippen molar-refractivity contribution in [3.8, 4) is 11.5 Å². The maximum absolute atomic E-state index is 3.53. The molecule has 0 aliphatic rings. The lowest BCUT2D eigenvalue weighted by atomic mass is 10.2. The van der Waals surface area contributed by atoms with Crippen LogP contribution < -0.4 is 10.1 Å². The van der Waals surface area contributed by atoms with E-state index < -0.39 is 8.07 Å². The summed E-state index contributed by atoms with van der Waals surface area (Å²) in [6.07, 6.45) is 0. The molecule has 0 atom stereocenters. The van der Waals surface area contributed by atoms with Gasteiger partial charge in [0.05, 0.1) is 0 Å². The van der Waals surface area contributed by atoms with Crippen LogP contribution in [-0.4, -0.2) is 22.2 Å². The van der Waals surface area contributed by atoms with Crippen LogP contribution in [0.1, 0.15) is 5.56 Å². The van der Waals surface area contributed by atoms with E-state index in [1.54, 1.807) is 0 Å². The van der Waals surface area contributed by atoms with Gasteiger partial charge in [0.15, 0.2) is 8.07 Å². The van der Waals surface area contributed by atoms with Crippen molar-refractivity contribution < 1.29 is 0 Å². The topological polar surface area (TPSA) is 3.24 Å². The molecule has 0 bridgehead atoms. The Morgan fingerprint density at radius 3 is 2.25 bits per heavy atom. The van der Waals surface area contributed by atoms with Crippen LogP contribution in [0.25, 0.3) is 0 Å². The minimum atomic E-state index is -1.73. The van der Waals surface area contributed by atoms with Crippen LogP contribution >= 0.6 is 0 Å². The lowest BCUT2D eigenvalue weighted by Crippen LogP contribution is -2.40. The van der Waals surface area contributed by atoms with Crippen LogP contribution in [0.3, 0.4) is 0 Å². The summed E-state index contributed by atoms with van der Waals surface area (Å²) in [6.45, 7) is 4.61. The van der Waals surface area contributed by atoms with Gasteiger partial charge in [-0.25, -0.2) is 0 Å². The van der Waals surface area contributed by atoms with Crippen LogP contribution in [0.2, 0.25) is 13.1 Å². The molecule has 2 rings (SSSR count). The fourth-order valence-electron chi connectivity index (χ4n) is 1.99. The van der Waals surface area contributed by atoms with Gasteiger partial charge in [0, 0.05) is 25.3 Å². The number of rotatable bonds is 2. The van der Waals surface area contributed by atoms with Crippen molar-refractivity contribution in [3.63, 3.8) is 0 Å². The second-order valence-corrected chi connectivity index (χ2v) is 9.76. The zero-order valence-corrected chi connectivity index (χ0v) is 13.6. The number of anilines is 1. The smallest absolute Gasteiger partial charge is 0.163 e. The van der Waals surface area contributed by atoms with Crippen molar-refractivity contribution in [2.75, 3.05) is 19.0 Å². The second-order valence-electron chi connectivity index (χ2n) is 5.69. The normalized spacial score (nSPS) is 10.6. The molecule has 0 spiro atoms. The SMILES string of the molecule is CN(C)c1cccc([Si](C)(C)C#Cc2ccccc2)c1. The van der Waals surface area contributed by atoms with Crippen LogP contribution in [0.5, 0.6) is 0 Å². The summed E-state index contributed by atoms with van der Waals surface area (Å²) < 4.78 is 0. The Labute approximate surface area is 123 Å². The van der Waals surface area contributed by atoms with E-state index in [0.29, 0.717) is 0 Å². The van der Waals surface area contributed by atoms with Gasteiger partial charge in [-0.05, 0) is 29.5 Å². The summed E-state index contributed by atoms with van der Waals surface area (Å²) in [5, 5.41) is 1.38. The average molecular weight is 279 g/mol. The van der Waals surface area contributed by atoms with Gasteiger partial charge in [-0.2, -0.15) is 0 Å². The first-order valence-electron chi connectivity index (χ1n) is 6.85. The highest BCUT2D eigenvalue weighted by molar-refractivity contribution is 6.96. The molecule has 20 heavy (non-hydrogen) atoms. The van der Waals surface area contributed by atoms with Gasteiger partial charge in [0.2, 0.25) is 0 Å². The summed E-state index contributed by atoms with van der Waals surface area (Å²) in [4.78, 5) is 2.14. The van der Waals surface area contributed by atoms with Gasteiger partial charge in [-0.15, -0.1) is 5.54 Å². The van der Waals surface area contributed by atoms with Crippen molar-refractivity contribution >= 4 is 18.9 Å². The molecule has 2 aromatic rings. The predicted octanol–water partition coefficient (Wildman–Crippen LogP) is 3.26. The molecule has 0 amide bonds. The molecule has 2 aromatic carbocycles. The first-order valence-corrected chi connectivity index (χ1v) is 9.85. The van der Waals surface area contributed by atoms with E-state index in [2.05, 4.69) is 80.0 Å². The van der Waals surface area contributed by atoms with E-state index in [9.17, 15) is 0 Å². The van der Waals surface area contributed by atoms with Crippen LogP contribution in [-0.2, 0) is 0 Å². The van der Waals surface area contributed by atoms with Gasteiger partial charge in [0.25, 0.3) is 0 Å². The fraction of sp³-hybridized carbons (Fsp3) is 0.222. The maximum atomic E-state index is 3.53. The number of nitrogens with zero attached hydrogens (tertiary/aromatic N) is 1. The zero-order valence-electron chi connectivity index (χ0n) is 12.6. The first-order chi connectivity index (χ1) is 9.49. The highest BCUT2D eigenvalue weighted by atomic mass is 28.3. The molecule has 102 valence electrons. The van der Waals surface area contributed by atoms with Gasteiger partial charge in [-0.1, -0.05) is 49.3 Å². The molecule has 1 nitrogen and oxygen atoms in total. The molecule has 0 saturated carbocycles. The summed E-state index contributed by atoms with van der Waals surface area (Å²) in [5.74, 6) is 3.33. The minimum absolute atomic E-state index is 1.09. The lowest BCUT2D eigenvalue weighted by Gasteiger charge is -2.19. The molecule has 0 heterocycles. The van der Waals surface area contributed by atoms with E-state index >= 15 is 0 Å². The molecule has 0 aliphatic heterocycles. The highest BCUT2D eigenvalue weighted by Gasteiger charge is 2.21. The predicted molar refractivity (Wildman–Crippen MR) is 91.2 cm³/mol. The minimum Gasteiger partial charge on any atom is -0.378 e. The summed E-state index contributed by atoms with van der Waals surface area (Å²) >= 11 is 0. The number of benzene rings is 2. The maximum Gasteiger partial charge on any atom is 0.163 e. The molecule has 2 heteroatoms. The Hall–Kier alpha value is -1.98. The summed E-state index contributed by atoms with van der Waals surface area (Å²) in [6, 6.07) is 19.0. The zero-order chi connectivity index (χ0) is 14.6. The van der Waals surface area contributed by atoms with E-state index in [-0.39, 0.29) is 0 Å². The Kier molecular flexibility index (Phi) is 4.31. The summed E-state index contributed by atoms with van der Waals surface area (Å²) in [7, 11) is 2.42. The highest BCUT2D eigenvalue weighted by Crippen LogP contribution is 2.11. The van der Waals surface area contributed by atoms with Gasteiger partial charge >= 0.3 is 0 Å². The Balaban J connectivity index is 2.31. The van der Waals surface area contributed by atoms with Crippen LogP contribution in [0, 0.1) is 11.5 Å². The largest absolute Gasteiger partial charge is 0.378 e. The molecule has 0 aliphatic carbocycles. The van der Waals surface area contributed by atoms with E-state index in [1.165, 1.54) is 10.9 Å². The van der Waals surface area contributed by atoms with Crippen molar-refractivity contribution in [1.82, 2.24) is 0 Å². The average Bonchev–Trinajstić information content (AvgIpc) is 2.46. The molecule has 0 saturated heterocycles. The Morgan fingerprint density at radius 1 is 0.900 bits per heavy atom. The summed E-state index contributed by atoms with van der Waals surface area (Å²) in [5.41, 5.74) is 5.86. The van der Waals surface area contributed by atoms with Gasteiger partial charge < -0.3 is 4.90 Å². The van der Waals surface area contributed by atoms with Crippen molar-refractivity contribution in [2.45, 2.75) is 13.1 Å². The molecule has 0 fully saturated rings. The molecular weight excluding hydrogens is 258 g/mol. The number of hydrogen-bond donors (Lipinski definition) is 0. The Bertz CT molecular complexity index is 633. The lowest BCUT2D eigenvalue weighted by molar-refractivity contribution is 1.13. The van der Waals surface area contributed by atoms with Crippen LogP contribution in [0.4, 0.5) is 5.69 Å². The van der Waals surface area contributed by atoms with E-state index in [0.717, 1.165) is 5.56 Å². The third kappa shape index (κ3) is 3.52. The quantitative estimate of drug-likeness (QED) is 0.602. The third-order valence-electron chi connectivity index (χ3n) is 3.38. The molecular formula is C18H21NSi. The monoisotopic (exact) mass is 279 g/mol. The molecule has 0 unspecified atom stereocenters. The third-order valence-corrected chi connectivity index (χ3v) is 5.88. The van der Waals surface area contributed by atoms with Crippen molar-refractivity contribution in [1.29, 1.82) is 0 Å². The second kappa shape index (κ2) is 5.98. The van der Waals surface area contributed by atoms with Crippen molar-refractivity contribution in [3.05, 3.63) is 60.2 Å². The molecule has 0 aromatic heterocycles. The number of hydrogen-bond acceptors (Lipinski definition) is 1. The molecule has 0 N–H and O–H groups in total. The van der Waals surface area contributed by atoms with E-state index in [4.69, 9.17) is 0 Å². The Morgan fingerprint density at radius 2 is 1.60 bits per heavy atom.